The molecule has 5 heteroatoms. The van der Waals surface area contributed by atoms with Crippen molar-refractivity contribution < 1.29 is 4.79 Å². The van der Waals surface area contributed by atoms with Gasteiger partial charge >= 0.3 is 0 Å². The van der Waals surface area contributed by atoms with Crippen molar-refractivity contribution >= 4 is 22.4 Å². The van der Waals surface area contributed by atoms with Crippen LogP contribution in [0.5, 0.6) is 0 Å². The van der Waals surface area contributed by atoms with E-state index >= 15 is 0 Å². The number of hydrogen-bond donors (Lipinski definition) is 0. The lowest BCUT2D eigenvalue weighted by molar-refractivity contribution is -0.117. The summed E-state index contributed by atoms with van der Waals surface area (Å²) < 4.78 is 0. The van der Waals surface area contributed by atoms with Crippen molar-refractivity contribution in [1.29, 1.82) is 0 Å². The molecule has 2 aromatic carbocycles. The lowest BCUT2D eigenvalue weighted by Crippen LogP contribution is -2.24. The highest BCUT2D eigenvalue weighted by Crippen LogP contribution is 2.28. The average molecular weight is 266 g/mol. The summed E-state index contributed by atoms with van der Waals surface area (Å²) in [4.78, 5) is 16.6. The zero-order chi connectivity index (χ0) is 13.9. The van der Waals surface area contributed by atoms with Crippen LogP contribution < -0.4 is 4.90 Å². The Hall–Kier alpha value is -2.52. The molecular formula is C15H14N4O. The third-order valence-electron chi connectivity index (χ3n) is 3.65. The second kappa shape index (κ2) is 5.23. The number of amides is 1. The van der Waals surface area contributed by atoms with Crippen molar-refractivity contribution in [2.24, 2.45) is 11.0 Å². The van der Waals surface area contributed by atoms with Crippen molar-refractivity contribution in [1.82, 2.24) is 0 Å². The number of carbonyl (C=O) groups is 1. The van der Waals surface area contributed by atoms with Gasteiger partial charge in [-0.15, -0.1) is 0 Å². The van der Waals surface area contributed by atoms with Gasteiger partial charge in [0.25, 0.3) is 0 Å². The molecule has 0 radical (unpaired) electrons. The number of nitrogens with zero attached hydrogens (tertiary/aromatic N) is 4. The number of hydrogen-bond acceptors (Lipinski definition) is 2. The van der Waals surface area contributed by atoms with Crippen molar-refractivity contribution in [3.8, 4) is 0 Å². The van der Waals surface area contributed by atoms with E-state index in [0.717, 1.165) is 16.5 Å². The Morgan fingerprint density at radius 1 is 1.25 bits per heavy atom. The maximum absolute atomic E-state index is 12.1. The monoisotopic (exact) mass is 266 g/mol. The summed E-state index contributed by atoms with van der Waals surface area (Å²) in [6.45, 7) is 1.00. The molecule has 1 aliphatic rings. The molecule has 0 spiro atoms. The van der Waals surface area contributed by atoms with E-state index in [1.165, 1.54) is 0 Å². The SMILES string of the molecule is [N-]=[N+]=NCC1CC(=O)N(c2ccc3ccccc3c2)C1. The molecule has 1 heterocycles. The number of azide groups is 1. The molecule has 5 nitrogen and oxygen atoms in total. The first-order chi connectivity index (χ1) is 9.78. The summed E-state index contributed by atoms with van der Waals surface area (Å²) in [5.74, 6) is 0.211. The number of anilines is 1. The van der Waals surface area contributed by atoms with Gasteiger partial charge in [0.2, 0.25) is 5.91 Å². The fraction of sp³-hybridized carbons (Fsp3) is 0.267. The van der Waals surface area contributed by atoms with Crippen molar-refractivity contribution in [3.63, 3.8) is 0 Å². The van der Waals surface area contributed by atoms with E-state index in [9.17, 15) is 4.79 Å². The number of rotatable bonds is 3. The van der Waals surface area contributed by atoms with Crippen LogP contribution in [0.1, 0.15) is 6.42 Å². The fourth-order valence-electron chi connectivity index (χ4n) is 2.65. The maximum Gasteiger partial charge on any atom is 0.227 e. The first-order valence-electron chi connectivity index (χ1n) is 6.58. The van der Waals surface area contributed by atoms with Crippen LogP contribution in [0.4, 0.5) is 5.69 Å². The fourth-order valence-corrected chi connectivity index (χ4v) is 2.65. The molecule has 0 saturated carbocycles. The molecule has 2 aromatic rings. The smallest absolute Gasteiger partial charge is 0.227 e. The van der Waals surface area contributed by atoms with Gasteiger partial charge in [-0.3, -0.25) is 4.79 Å². The molecule has 1 fully saturated rings. The zero-order valence-electron chi connectivity index (χ0n) is 10.9. The second-order valence-electron chi connectivity index (χ2n) is 5.02. The van der Waals surface area contributed by atoms with E-state index in [2.05, 4.69) is 16.1 Å². The summed E-state index contributed by atoms with van der Waals surface area (Å²) in [7, 11) is 0. The van der Waals surface area contributed by atoms with E-state index in [0.29, 0.717) is 19.5 Å². The summed E-state index contributed by atoms with van der Waals surface area (Å²) in [5, 5.41) is 5.85. The Bertz CT molecular complexity index is 706. The van der Waals surface area contributed by atoms with E-state index in [1.807, 2.05) is 36.4 Å². The molecule has 0 bridgehead atoms. The predicted molar refractivity (Wildman–Crippen MR) is 78.4 cm³/mol. The highest BCUT2D eigenvalue weighted by molar-refractivity contribution is 5.98. The lowest BCUT2D eigenvalue weighted by Gasteiger charge is -2.17. The largest absolute Gasteiger partial charge is 0.312 e. The van der Waals surface area contributed by atoms with Crippen LogP contribution in [0.2, 0.25) is 0 Å². The molecule has 100 valence electrons. The maximum atomic E-state index is 12.1. The van der Waals surface area contributed by atoms with Crippen LogP contribution >= 0.6 is 0 Å². The van der Waals surface area contributed by atoms with E-state index in [4.69, 9.17) is 5.53 Å². The summed E-state index contributed by atoms with van der Waals surface area (Å²) in [6.07, 6.45) is 0.450. The first kappa shape index (κ1) is 12.5. The van der Waals surface area contributed by atoms with E-state index in [-0.39, 0.29) is 11.8 Å². The minimum Gasteiger partial charge on any atom is -0.312 e. The molecule has 3 rings (SSSR count). The Labute approximate surface area is 116 Å². The topological polar surface area (TPSA) is 69.1 Å². The van der Waals surface area contributed by atoms with Gasteiger partial charge in [-0.1, -0.05) is 35.4 Å². The lowest BCUT2D eigenvalue weighted by atomic mass is 10.1. The van der Waals surface area contributed by atoms with Gasteiger partial charge in [0.05, 0.1) is 0 Å². The van der Waals surface area contributed by atoms with Gasteiger partial charge < -0.3 is 4.90 Å². The van der Waals surface area contributed by atoms with Crippen LogP contribution in [0.25, 0.3) is 21.2 Å². The van der Waals surface area contributed by atoms with Crippen molar-refractivity contribution in [2.75, 3.05) is 18.0 Å². The normalized spacial score (nSPS) is 18.3. The summed E-state index contributed by atoms with van der Waals surface area (Å²) in [6, 6.07) is 14.1. The zero-order valence-corrected chi connectivity index (χ0v) is 10.9. The van der Waals surface area contributed by atoms with Gasteiger partial charge in [0.15, 0.2) is 0 Å². The third-order valence-corrected chi connectivity index (χ3v) is 3.65. The molecule has 1 atom stereocenters. The van der Waals surface area contributed by atoms with Crippen molar-refractivity contribution in [3.05, 3.63) is 52.9 Å². The van der Waals surface area contributed by atoms with Gasteiger partial charge in [-0.05, 0) is 34.4 Å². The molecule has 0 aromatic heterocycles. The average Bonchev–Trinajstić information content (AvgIpc) is 2.85. The number of fused-ring (bicyclic) bond motifs is 1. The van der Waals surface area contributed by atoms with Gasteiger partial charge in [-0.25, -0.2) is 0 Å². The second-order valence-corrected chi connectivity index (χ2v) is 5.02. The van der Waals surface area contributed by atoms with Crippen LogP contribution in [0.15, 0.2) is 47.6 Å². The Balaban J connectivity index is 1.87. The quantitative estimate of drug-likeness (QED) is 0.476. The molecule has 0 aliphatic carbocycles. The molecule has 1 aliphatic heterocycles. The third kappa shape index (κ3) is 2.31. The van der Waals surface area contributed by atoms with Crippen LogP contribution in [0.3, 0.4) is 0 Å². The minimum atomic E-state index is 0.0958. The van der Waals surface area contributed by atoms with Gasteiger partial charge in [0, 0.05) is 30.1 Å². The highest BCUT2D eigenvalue weighted by Gasteiger charge is 2.30. The molecule has 1 saturated heterocycles. The summed E-state index contributed by atoms with van der Waals surface area (Å²) in [5.41, 5.74) is 9.27. The minimum absolute atomic E-state index is 0.0958. The van der Waals surface area contributed by atoms with E-state index in [1.54, 1.807) is 4.90 Å². The molecular weight excluding hydrogens is 252 g/mol. The molecule has 1 amide bonds. The van der Waals surface area contributed by atoms with Crippen molar-refractivity contribution in [2.45, 2.75) is 6.42 Å². The molecule has 0 N–H and O–H groups in total. The van der Waals surface area contributed by atoms with Crippen LogP contribution in [-0.4, -0.2) is 19.0 Å². The Morgan fingerprint density at radius 3 is 2.85 bits per heavy atom. The summed E-state index contributed by atoms with van der Waals surface area (Å²) >= 11 is 0. The number of carbonyl (C=O) groups excluding carboxylic acids is 1. The van der Waals surface area contributed by atoms with Crippen LogP contribution in [0, 0.1) is 5.92 Å². The van der Waals surface area contributed by atoms with Gasteiger partial charge in [0.1, 0.15) is 0 Å². The van der Waals surface area contributed by atoms with Gasteiger partial charge in [-0.2, -0.15) is 0 Å². The van der Waals surface area contributed by atoms with E-state index < -0.39 is 0 Å². The molecule has 1 unspecified atom stereocenters. The Morgan fingerprint density at radius 2 is 2.05 bits per heavy atom. The number of benzene rings is 2. The molecule has 20 heavy (non-hydrogen) atoms. The first-order valence-corrected chi connectivity index (χ1v) is 6.58. The predicted octanol–water partition coefficient (Wildman–Crippen LogP) is 3.50. The van der Waals surface area contributed by atoms with Crippen LogP contribution in [-0.2, 0) is 4.79 Å². The Kier molecular flexibility index (Phi) is 3.27. The highest BCUT2D eigenvalue weighted by atomic mass is 16.2. The standard InChI is InChI=1S/C15H14N4O/c16-18-17-9-11-7-15(20)19(10-11)14-6-5-12-3-1-2-4-13(12)8-14/h1-6,8,11H,7,9-10H2.